The zero-order valence-electron chi connectivity index (χ0n) is 10.7. The number of ether oxygens (including phenoxy) is 1. The lowest BCUT2D eigenvalue weighted by atomic mass is 10.1. The summed E-state index contributed by atoms with van der Waals surface area (Å²) in [6, 6.07) is 0. The predicted octanol–water partition coefficient (Wildman–Crippen LogP) is 3.52. The number of rotatable bonds is 10. The van der Waals surface area contributed by atoms with Crippen LogP contribution in [0.4, 0.5) is 0 Å². The molecule has 2 nitrogen and oxygen atoms in total. The van der Waals surface area contributed by atoms with Crippen LogP contribution in [-0.4, -0.2) is 23.9 Å². The molecule has 0 radical (unpaired) electrons. The summed E-state index contributed by atoms with van der Waals surface area (Å²) in [5, 5.41) is 9.14. The van der Waals surface area contributed by atoms with Gasteiger partial charge in [0.15, 0.2) is 0 Å². The van der Waals surface area contributed by atoms with Gasteiger partial charge < -0.3 is 9.84 Å². The lowest BCUT2D eigenvalue weighted by molar-refractivity contribution is 0.0273. The molecule has 0 aliphatic rings. The third-order valence-electron chi connectivity index (χ3n) is 2.57. The van der Waals surface area contributed by atoms with Gasteiger partial charge in [-0.2, -0.15) is 0 Å². The molecule has 0 aromatic carbocycles. The minimum atomic E-state index is -0.246. The molecule has 0 rings (SSSR count). The summed E-state index contributed by atoms with van der Waals surface area (Å²) in [5.41, 5.74) is 0. The van der Waals surface area contributed by atoms with E-state index in [9.17, 15) is 0 Å². The maximum atomic E-state index is 9.14. The summed E-state index contributed by atoms with van der Waals surface area (Å²) >= 11 is 0. The average Bonchev–Trinajstić information content (AvgIpc) is 2.15. The van der Waals surface area contributed by atoms with Crippen molar-refractivity contribution in [2.75, 3.05) is 6.61 Å². The third-order valence-corrected chi connectivity index (χ3v) is 2.57. The van der Waals surface area contributed by atoms with E-state index in [2.05, 4.69) is 6.92 Å². The topological polar surface area (TPSA) is 29.5 Å². The van der Waals surface area contributed by atoms with Crippen molar-refractivity contribution in [1.82, 2.24) is 0 Å². The first-order chi connectivity index (χ1) is 7.16. The smallest absolute Gasteiger partial charge is 0.0571 e. The Hall–Kier alpha value is -0.0800. The number of unbranched alkanes of at least 4 members (excludes halogenated alkanes) is 5. The number of hydrogen-bond acceptors (Lipinski definition) is 2. The lowest BCUT2D eigenvalue weighted by Gasteiger charge is -2.14. The van der Waals surface area contributed by atoms with Crippen LogP contribution in [0.25, 0.3) is 0 Å². The quantitative estimate of drug-likeness (QED) is 0.566. The Labute approximate surface area is 95.0 Å². The maximum absolute atomic E-state index is 9.14. The SMILES string of the molecule is CCCCCCCCO[C@H](C)C[C@@H](C)O. The van der Waals surface area contributed by atoms with Crippen molar-refractivity contribution in [3.8, 4) is 0 Å². The Bertz CT molecular complexity index is 124. The molecule has 0 unspecified atom stereocenters. The first-order valence-electron chi connectivity index (χ1n) is 6.46. The van der Waals surface area contributed by atoms with Gasteiger partial charge in [-0.1, -0.05) is 39.0 Å². The van der Waals surface area contributed by atoms with Gasteiger partial charge in [-0.25, -0.2) is 0 Å². The van der Waals surface area contributed by atoms with Crippen molar-refractivity contribution in [1.29, 1.82) is 0 Å². The van der Waals surface area contributed by atoms with Crippen LogP contribution in [0.1, 0.15) is 65.7 Å². The highest BCUT2D eigenvalue weighted by atomic mass is 16.5. The van der Waals surface area contributed by atoms with E-state index in [0.29, 0.717) is 0 Å². The van der Waals surface area contributed by atoms with E-state index in [1.165, 1.54) is 32.1 Å². The van der Waals surface area contributed by atoms with Crippen molar-refractivity contribution < 1.29 is 9.84 Å². The van der Waals surface area contributed by atoms with E-state index in [0.717, 1.165) is 19.4 Å². The fourth-order valence-corrected chi connectivity index (χ4v) is 1.72. The van der Waals surface area contributed by atoms with Gasteiger partial charge in [0.05, 0.1) is 12.2 Å². The molecule has 0 saturated heterocycles. The molecule has 92 valence electrons. The Morgan fingerprint density at radius 1 is 1.00 bits per heavy atom. The van der Waals surface area contributed by atoms with Crippen molar-refractivity contribution in [3.05, 3.63) is 0 Å². The molecular weight excluding hydrogens is 188 g/mol. The highest BCUT2D eigenvalue weighted by molar-refractivity contribution is 4.55. The summed E-state index contributed by atoms with van der Waals surface area (Å²) in [4.78, 5) is 0. The molecule has 2 heteroatoms. The van der Waals surface area contributed by atoms with Gasteiger partial charge in [0.25, 0.3) is 0 Å². The molecule has 1 N–H and O–H groups in total. The first-order valence-corrected chi connectivity index (χ1v) is 6.46. The molecule has 0 aromatic rings. The van der Waals surface area contributed by atoms with Crippen LogP contribution >= 0.6 is 0 Å². The maximum Gasteiger partial charge on any atom is 0.0571 e. The van der Waals surface area contributed by atoms with Crippen LogP contribution in [0.5, 0.6) is 0 Å². The van der Waals surface area contributed by atoms with Crippen LogP contribution in [0, 0.1) is 0 Å². The van der Waals surface area contributed by atoms with Crippen LogP contribution in [0.2, 0.25) is 0 Å². The van der Waals surface area contributed by atoms with E-state index in [4.69, 9.17) is 9.84 Å². The Kier molecular flexibility index (Phi) is 10.4. The number of hydrogen-bond donors (Lipinski definition) is 1. The van der Waals surface area contributed by atoms with Crippen molar-refractivity contribution >= 4 is 0 Å². The monoisotopic (exact) mass is 216 g/mol. The first kappa shape index (κ1) is 14.9. The molecule has 0 spiro atoms. The summed E-state index contributed by atoms with van der Waals surface area (Å²) in [6.45, 7) is 6.93. The zero-order valence-corrected chi connectivity index (χ0v) is 10.7. The summed E-state index contributed by atoms with van der Waals surface area (Å²) in [7, 11) is 0. The van der Waals surface area contributed by atoms with Gasteiger partial charge in [0, 0.05) is 6.61 Å². The molecular formula is C13H28O2. The molecule has 0 bridgehead atoms. The molecule has 0 aliphatic carbocycles. The average molecular weight is 216 g/mol. The van der Waals surface area contributed by atoms with Crippen LogP contribution in [0.15, 0.2) is 0 Å². The molecule has 0 amide bonds. The van der Waals surface area contributed by atoms with Gasteiger partial charge in [0.2, 0.25) is 0 Å². The second-order valence-corrected chi connectivity index (χ2v) is 4.53. The van der Waals surface area contributed by atoms with E-state index < -0.39 is 0 Å². The van der Waals surface area contributed by atoms with E-state index in [1.807, 2.05) is 13.8 Å². The molecule has 0 saturated carbocycles. The van der Waals surface area contributed by atoms with Crippen LogP contribution < -0.4 is 0 Å². The zero-order chi connectivity index (χ0) is 11.5. The van der Waals surface area contributed by atoms with E-state index in [-0.39, 0.29) is 12.2 Å². The summed E-state index contributed by atoms with van der Waals surface area (Å²) in [5.74, 6) is 0. The standard InChI is InChI=1S/C13H28O2/c1-4-5-6-7-8-9-10-15-13(3)11-12(2)14/h12-14H,4-11H2,1-3H3/t12-,13-/m1/s1. The Morgan fingerprint density at radius 2 is 1.60 bits per heavy atom. The van der Waals surface area contributed by atoms with Crippen molar-refractivity contribution in [2.24, 2.45) is 0 Å². The van der Waals surface area contributed by atoms with Crippen LogP contribution in [-0.2, 0) is 4.74 Å². The molecule has 0 aromatic heterocycles. The van der Waals surface area contributed by atoms with Crippen molar-refractivity contribution in [3.63, 3.8) is 0 Å². The van der Waals surface area contributed by atoms with Gasteiger partial charge in [-0.05, 0) is 26.7 Å². The second kappa shape index (κ2) is 10.4. The highest BCUT2D eigenvalue weighted by Crippen LogP contribution is 2.07. The van der Waals surface area contributed by atoms with Gasteiger partial charge in [0.1, 0.15) is 0 Å². The van der Waals surface area contributed by atoms with E-state index >= 15 is 0 Å². The highest BCUT2D eigenvalue weighted by Gasteiger charge is 2.05. The molecule has 2 atom stereocenters. The number of aliphatic hydroxyl groups excluding tert-OH is 1. The largest absolute Gasteiger partial charge is 0.393 e. The number of aliphatic hydroxyl groups is 1. The second-order valence-electron chi connectivity index (χ2n) is 4.53. The fraction of sp³-hybridized carbons (Fsp3) is 1.00. The van der Waals surface area contributed by atoms with Gasteiger partial charge >= 0.3 is 0 Å². The normalized spacial score (nSPS) is 15.2. The summed E-state index contributed by atoms with van der Waals surface area (Å²) < 4.78 is 5.60. The van der Waals surface area contributed by atoms with Gasteiger partial charge in [-0.15, -0.1) is 0 Å². The fourth-order valence-electron chi connectivity index (χ4n) is 1.72. The molecule has 0 aliphatic heterocycles. The van der Waals surface area contributed by atoms with E-state index in [1.54, 1.807) is 0 Å². The molecule has 0 fully saturated rings. The Balaban J connectivity index is 3.09. The Morgan fingerprint density at radius 3 is 2.20 bits per heavy atom. The van der Waals surface area contributed by atoms with Crippen LogP contribution in [0.3, 0.4) is 0 Å². The molecule has 0 heterocycles. The minimum absolute atomic E-state index is 0.195. The molecule has 15 heavy (non-hydrogen) atoms. The minimum Gasteiger partial charge on any atom is -0.393 e. The third kappa shape index (κ3) is 11.8. The lowest BCUT2D eigenvalue weighted by Crippen LogP contribution is -2.16. The van der Waals surface area contributed by atoms with Gasteiger partial charge in [-0.3, -0.25) is 0 Å². The summed E-state index contributed by atoms with van der Waals surface area (Å²) in [6.07, 6.45) is 8.50. The predicted molar refractivity (Wildman–Crippen MR) is 65.1 cm³/mol. The van der Waals surface area contributed by atoms with Crippen molar-refractivity contribution in [2.45, 2.75) is 77.9 Å².